The molecule has 8 heteroatoms. The predicted octanol–water partition coefficient (Wildman–Crippen LogP) is 2.97. The molecule has 0 aliphatic heterocycles. The maximum atomic E-state index is 10.5. The fourth-order valence-electron chi connectivity index (χ4n) is 1.37. The summed E-state index contributed by atoms with van der Waals surface area (Å²) in [4.78, 5) is 14.8. The van der Waals surface area contributed by atoms with Gasteiger partial charge in [0.1, 0.15) is 4.92 Å². The normalized spacial score (nSPS) is 10.7. The Bertz CT molecular complexity index is 686. The molecule has 0 fully saturated rings. The van der Waals surface area contributed by atoms with E-state index in [0.717, 1.165) is 4.88 Å². The SMILES string of the molecule is O=[N+]([O-])c1ccc(-c2nc(-c3cccs3)no2)o1. The van der Waals surface area contributed by atoms with E-state index in [2.05, 4.69) is 10.1 Å². The third-order valence-corrected chi connectivity index (χ3v) is 3.02. The van der Waals surface area contributed by atoms with Gasteiger partial charge in [-0.05, 0) is 17.5 Å². The highest BCUT2D eigenvalue weighted by molar-refractivity contribution is 7.13. The highest BCUT2D eigenvalue weighted by Gasteiger charge is 2.18. The van der Waals surface area contributed by atoms with E-state index in [-0.39, 0.29) is 17.5 Å². The zero-order chi connectivity index (χ0) is 12.5. The molecule has 0 spiro atoms. The Kier molecular flexibility index (Phi) is 2.41. The van der Waals surface area contributed by atoms with Crippen molar-refractivity contribution in [3.8, 4) is 22.4 Å². The summed E-state index contributed by atoms with van der Waals surface area (Å²) in [7, 11) is 0. The van der Waals surface area contributed by atoms with E-state index in [1.54, 1.807) is 0 Å². The van der Waals surface area contributed by atoms with Gasteiger partial charge in [0.05, 0.1) is 10.9 Å². The van der Waals surface area contributed by atoms with Gasteiger partial charge in [0.2, 0.25) is 5.82 Å². The van der Waals surface area contributed by atoms with Gasteiger partial charge in [0.15, 0.2) is 5.76 Å². The molecule has 0 aliphatic carbocycles. The zero-order valence-corrected chi connectivity index (χ0v) is 9.59. The summed E-state index contributed by atoms with van der Waals surface area (Å²) >= 11 is 1.47. The van der Waals surface area contributed by atoms with Gasteiger partial charge in [-0.3, -0.25) is 10.1 Å². The number of furan rings is 1. The number of hydrogen-bond acceptors (Lipinski definition) is 7. The van der Waals surface area contributed by atoms with Crippen LogP contribution >= 0.6 is 11.3 Å². The fraction of sp³-hybridized carbons (Fsp3) is 0. The molecule has 0 N–H and O–H groups in total. The second kappa shape index (κ2) is 4.08. The van der Waals surface area contributed by atoms with Crippen LogP contribution in [-0.2, 0) is 0 Å². The maximum Gasteiger partial charge on any atom is 0.433 e. The smallest absolute Gasteiger partial charge is 0.395 e. The Balaban J connectivity index is 1.95. The van der Waals surface area contributed by atoms with Crippen LogP contribution in [0.5, 0.6) is 0 Å². The van der Waals surface area contributed by atoms with Crippen molar-refractivity contribution in [3.63, 3.8) is 0 Å². The standard InChI is InChI=1S/C10H5N3O4S/c14-13(15)8-4-3-6(16-8)10-11-9(12-17-10)7-2-1-5-18-7/h1-5H. The zero-order valence-electron chi connectivity index (χ0n) is 8.77. The molecule has 90 valence electrons. The van der Waals surface area contributed by atoms with Crippen molar-refractivity contribution < 1.29 is 13.9 Å². The minimum absolute atomic E-state index is 0.117. The van der Waals surface area contributed by atoms with Gasteiger partial charge in [-0.25, -0.2) is 0 Å². The molecular formula is C10H5N3O4S. The first-order valence-corrected chi connectivity index (χ1v) is 5.74. The summed E-state index contributed by atoms with van der Waals surface area (Å²) in [6.07, 6.45) is 0. The van der Waals surface area contributed by atoms with Crippen LogP contribution < -0.4 is 0 Å². The first-order valence-electron chi connectivity index (χ1n) is 4.86. The van der Waals surface area contributed by atoms with Crippen LogP contribution in [0.3, 0.4) is 0 Å². The van der Waals surface area contributed by atoms with Crippen LogP contribution in [-0.4, -0.2) is 15.1 Å². The van der Waals surface area contributed by atoms with Gasteiger partial charge in [0.25, 0.3) is 5.89 Å². The first-order chi connectivity index (χ1) is 8.74. The topological polar surface area (TPSA) is 95.2 Å². The molecule has 3 heterocycles. The lowest BCUT2D eigenvalue weighted by Crippen LogP contribution is -1.82. The molecule has 3 aromatic rings. The molecule has 0 atom stereocenters. The second-order valence-corrected chi connectivity index (χ2v) is 4.24. The summed E-state index contributed by atoms with van der Waals surface area (Å²) in [5, 5.41) is 16.2. The molecule has 3 rings (SSSR count). The van der Waals surface area contributed by atoms with Gasteiger partial charge in [-0.1, -0.05) is 11.2 Å². The lowest BCUT2D eigenvalue weighted by Gasteiger charge is -1.84. The third-order valence-electron chi connectivity index (χ3n) is 2.15. The van der Waals surface area contributed by atoms with Crippen molar-refractivity contribution in [2.45, 2.75) is 0 Å². The minimum Gasteiger partial charge on any atom is -0.395 e. The van der Waals surface area contributed by atoms with E-state index in [1.165, 1.54) is 23.5 Å². The Morgan fingerprint density at radius 2 is 2.22 bits per heavy atom. The average molecular weight is 263 g/mol. The van der Waals surface area contributed by atoms with Crippen LogP contribution in [0.25, 0.3) is 22.4 Å². The summed E-state index contributed by atoms with van der Waals surface area (Å²) in [6, 6.07) is 6.38. The van der Waals surface area contributed by atoms with E-state index in [9.17, 15) is 10.1 Å². The second-order valence-electron chi connectivity index (χ2n) is 3.30. The van der Waals surface area contributed by atoms with E-state index in [0.29, 0.717) is 5.82 Å². The van der Waals surface area contributed by atoms with E-state index in [1.807, 2.05) is 17.5 Å². The molecule has 18 heavy (non-hydrogen) atoms. The van der Waals surface area contributed by atoms with Gasteiger partial charge >= 0.3 is 5.88 Å². The number of nitrogens with zero attached hydrogens (tertiary/aromatic N) is 3. The summed E-state index contributed by atoms with van der Waals surface area (Å²) < 4.78 is 9.97. The molecular weight excluding hydrogens is 258 g/mol. The van der Waals surface area contributed by atoms with E-state index < -0.39 is 4.92 Å². The average Bonchev–Trinajstić information content (AvgIpc) is 3.10. The molecule has 0 radical (unpaired) electrons. The summed E-state index contributed by atoms with van der Waals surface area (Å²) in [5.74, 6) is 0.364. The van der Waals surface area contributed by atoms with Crippen molar-refractivity contribution in [2.75, 3.05) is 0 Å². The minimum atomic E-state index is -0.625. The molecule has 0 saturated carbocycles. The highest BCUT2D eigenvalue weighted by Crippen LogP contribution is 2.28. The molecule has 0 amide bonds. The number of hydrogen-bond donors (Lipinski definition) is 0. The quantitative estimate of drug-likeness (QED) is 0.532. The Morgan fingerprint density at radius 1 is 1.33 bits per heavy atom. The molecule has 0 saturated heterocycles. The van der Waals surface area contributed by atoms with Gasteiger partial charge in [-0.2, -0.15) is 4.98 Å². The summed E-state index contributed by atoms with van der Waals surface area (Å²) in [5.41, 5.74) is 0. The van der Waals surface area contributed by atoms with Crippen LogP contribution in [0.2, 0.25) is 0 Å². The lowest BCUT2D eigenvalue weighted by molar-refractivity contribution is -0.401. The van der Waals surface area contributed by atoms with Crippen molar-refractivity contribution in [3.05, 3.63) is 39.8 Å². The predicted molar refractivity (Wildman–Crippen MR) is 62.0 cm³/mol. The Hall–Kier alpha value is -2.48. The van der Waals surface area contributed by atoms with Crippen molar-refractivity contribution in [1.29, 1.82) is 0 Å². The van der Waals surface area contributed by atoms with Crippen molar-refractivity contribution >= 4 is 17.2 Å². The Labute approximate surface area is 104 Å². The maximum absolute atomic E-state index is 10.5. The highest BCUT2D eigenvalue weighted by atomic mass is 32.1. The number of rotatable bonds is 3. The van der Waals surface area contributed by atoms with Gasteiger partial charge in [-0.15, -0.1) is 11.3 Å². The van der Waals surface area contributed by atoms with E-state index in [4.69, 9.17) is 8.94 Å². The number of aromatic nitrogens is 2. The van der Waals surface area contributed by atoms with Crippen LogP contribution in [0.4, 0.5) is 5.88 Å². The number of nitro groups is 1. The van der Waals surface area contributed by atoms with Crippen LogP contribution in [0, 0.1) is 10.1 Å². The van der Waals surface area contributed by atoms with E-state index >= 15 is 0 Å². The summed E-state index contributed by atoms with van der Waals surface area (Å²) in [6.45, 7) is 0. The number of thiophene rings is 1. The Morgan fingerprint density at radius 3 is 2.89 bits per heavy atom. The van der Waals surface area contributed by atoms with Gasteiger partial charge < -0.3 is 8.94 Å². The largest absolute Gasteiger partial charge is 0.433 e. The molecule has 0 aliphatic rings. The van der Waals surface area contributed by atoms with Crippen LogP contribution in [0.15, 0.2) is 38.6 Å². The molecule has 0 aromatic carbocycles. The fourth-order valence-corrected chi connectivity index (χ4v) is 2.02. The molecule has 7 nitrogen and oxygen atoms in total. The van der Waals surface area contributed by atoms with Gasteiger partial charge in [0, 0.05) is 0 Å². The first kappa shape index (κ1) is 10.7. The van der Waals surface area contributed by atoms with Crippen molar-refractivity contribution in [2.24, 2.45) is 0 Å². The molecule has 0 bridgehead atoms. The monoisotopic (exact) mass is 263 g/mol. The van der Waals surface area contributed by atoms with Crippen LogP contribution in [0.1, 0.15) is 0 Å². The third kappa shape index (κ3) is 1.78. The molecule has 0 unspecified atom stereocenters. The van der Waals surface area contributed by atoms with Crippen molar-refractivity contribution in [1.82, 2.24) is 10.1 Å². The lowest BCUT2D eigenvalue weighted by atomic mass is 10.4. The molecule has 3 aromatic heterocycles.